The number of rotatable bonds is 0. The van der Waals surface area contributed by atoms with Crippen LogP contribution in [-0.4, -0.2) is 0 Å². The minimum atomic E-state index is 1.16. The van der Waals surface area contributed by atoms with E-state index in [-0.39, 0.29) is 0 Å². The summed E-state index contributed by atoms with van der Waals surface area (Å²) in [5.41, 5.74) is 0. The molecular formula is C13H19. The van der Waals surface area contributed by atoms with E-state index in [2.05, 4.69) is 36.5 Å². The zero-order valence-electron chi connectivity index (χ0n) is 8.34. The van der Waals surface area contributed by atoms with Gasteiger partial charge in [0.1, 0.15) is 0 Å². The van der Waals surface area contributed by atoms with Gasteiger partial charge in [0, 0.05) is 0 Å². The minimum absolute atomic E-state index is 1.16. The molecule has 0 amide bonds. The summed E-state index contributed by atoms with van der Waals surface area (Å²) in [7, 11) is 0. The Morgan fingerprint density at radius 1 is 0.692 bits per heavy atom. The molecule has 1 rings (SSSR count). The standard InChI is InChI=1S/C13H19/c1-2-4-6-8-10-12-13-11-9-7-5-3-1/h1-2,9,12-13H,3-8,10H2/b2-1-,11-9?,13-12+. The predicted octanol–water partition coefficient (Wildman–Crippen LogP) is 4.20. The molecule has 0 aromatic carbocycles. The van der Waals surface area contributed by atoms with E-state index in [1.807, 2.05) is 0 Å². The van der Waals surface area contributed by atoms with Gasteiger partial charge >= 0.3 is 0 Å². The SMILES string of the molecule is [C]1=C/CCC/C=C\CCCC/C=C/1. The summed E-state index contributed by atoms with van der Waals surface area (Å²) < 4.78 is 0. The van der Waals surface area contributed by atoms with Gasteiger partial charge in [-0.2, -0.15) is 0 Å². The van der Waals surface area contributed by atoms with Crippen LogP contribution in [0.4, 0.5) is 0 Å². The van der Waals surface area contributed by atoms with Crippen LogP contribution < -0.4 is 0 Å². The number of hydrogen-bond acceptors (Lipinski definition) is 0. The van der Waals surface area contributed by atoms with Crippen molar-refractivity contribution in [2.75, 3.05) is 0 Å². The van der Waals surface area contributed by atoms with Crippen molar-refractivity contribution < 1.29 is 0 Å². The maximum Gasteiger partial charge on any atom is -0.0230 e. The minimum Gasteiger partial charge on any atom is -0.0885 e. The molecule has 0 bridgehead atoms. The molecule has 1 radical (unpaired) electrons. The van der Waals surface area contributed by atoms with Crippen LogP contribution in [0.2, 0.25) is 0 Å². The zero-order valence-corrected chi connectivity index (χ0v) is 8.34. The molecule has 0 atom stereocenters. The van der Waals surface area contributed by atoms with E-state index in [0.717, 1.165) is 6.42 Å². The van der Waals surface area contributed by atoms with Gasteiger partial charge < -0.3 is 0 Å². The van der Waals surface area contributed by atoms with Crippen molar-refractivity contribution in [3.8, 4) is 0 Å². The Hall–Kier alpha value is -0.780. The first-order valence-electron chi connectivity index (χ1n) is 5.38. The van der Waals surface area contributed by atoms with Gasteiger partial charge in [-0.1, -0.05) is 30.4 Å². The molecule has 0 nitrogen and oxygen atoms in total. The van der Waals surface area contributed by atoms with Crippen molar-refractivity contribution >= 4 is 0 Å². The molecule has 0 heteroatoms. The Kier molecular flexibility index (Phi) is 6.22. The Balaban J connectivity index is 2.28. The summed E-state index contributed by atoms with van der Waals surface area (Å²) in [6.07, 6.45) is 23.0. The highest BCUT2D eigenvalue weighted by Gasteiger charge is 1.85. The van der Waals surface area contributed by atoms with E-state index in [1.54, 1.807) is 0 Å². The van der Waals surface area contributed by atoms with E-state index in [1.165, 1.54) is 38.5 Å². The van der Waals surface area contributed by atoms with Gasteiger partial charge in [0.25, 0.3) is 0 Å². The maximum absolute atomic E-state index is 3.19. The average molecular weight is 175 g/mol. The lowest BCUT2D eigenvalue weighted by atomic mass is 10.1. The van der Waals surface area contributed by atoms with Crippen LogP contribution in [0.3, 0.4) is 0 Å². The lowest BCUT2D eigenvalue weighted by Gasteiger charge is -1.92. The molecule has 0 aromatic rings. The first kappa shape index (κ1) is 10.3. The molecule has 0 spiro atoms. The molecule has 1 aliphatic carbocycles. The normalized spacial score (nSPS) is 27.7. The first-order chi connectivity index (χ1) is 6.50. The maximum atomic E-state index is 3.19. The molecule has 1 aliphatic rings. The Morgan fingerprint density at radius 2 is 1.38 bits per heavy atom. The van der Waals surface area contributed by atoms with Crippen LogP contribution >= 0.6 is 0 Å². The molecular weight excluding hydrogens is 156 g/mol. The molecule has 0 aliphatic heterocycles. The van der Waals surface area contributed by atoms with E-state index < -0.39 is 0 Å². The average Bonchev–Trinajstić information content (AvgIpc) is 2.18. The molecule has 0 unspecified atom stereocenters. The van der Waals surface area contributed by atoms with Gasteiger partial charge in [-0.15, -0.1) is 0 Å². The zero-order chi connectivity index (χ0) is 9.19. The summed E-state index contributed by atoms with van der Waals surface area (Å²) in [5, 5.41) is 0. The van der Waals surface area contributed by atoms with E-state index in [0.29, 0.717) is 0 Å². The lowest BCUT2D eigenvalue weighted by Crippen LogP contribution is -1.72. The van der Waals surface area contributed by atoms with Crippen molar-refractivity contribution in [3.05, 3.63) is 36.5 Å². The Morgan fingerprint density at radius 3 is 2.23 bits per heavy atom. The van der Waals surface area contributed by atoms with Crippen LogP contribution in [-0.2, 0) is 0 Å². The highest BCUT2D eigenvalue weighted by molar-refractivity contribution is 4.95. The number of allylic oxidation sites excluding steroid dienone is 6. The van der Waals surface area contributed by atoms with E-state index in [4.69, 9.17) is 0 Å². The van der Waals surface area contributed by atoms with E-state index >= 15 is 0 Å². The molecule has 71 valence electrons. The fourth-order valence-electron chi connectivity index (χ4n) is 1.40. The fourth-order valence-corrected chi connectivity index (χ4v) is 1.40. The topological polar surface area (TPSA) is 0 Å². The third-order valence-corrected chi connectivity index (χ3v) is 2.21. The summed E-state index contributed by atoms with van der Waals surface area (Å²) in [6, 6.07) is 0. The van der Waals surface area contributed by atoms with Crippen LogP contribution in [0.15, 0.2) is 30.4 Å². The second kappa shape index (κ2) is 7.85. The van der Waals surface area contributed by atoms with Crippen LogP contribution in [0, 0.1) is 6.08 Å². The largest absolute Gasteiger partial charge is 0.0885 e. The smallest absolute Gasteiger partial charge is 0.0230 e. The molecule has 0 aromatic heterocycles. The second-order valence-electron chi connectivity index (χ2n) is 3.46. The van der Waals surface area contributed by atoms with Gasteiger partial charge in [0.05, 0.1) is 0 Å². The molecule has 0 heterocycles. The highest BCUT2D eigenvalue weighted by Crippen LogP contribution is 2.05. The van der Waals surface area contributed by atoms with Gasteiger partial charge in [0.2, 0.25) is 0 Å². The molecule has 0 saturated heterocycles. The number of hydrogen-bond donors (Lipinski definition) is 0. The van der Waals surface area contributed by atoms with Gasteiger partial charge in [-0.25, -0.2) is 0 Å². The monoisotopic (exact) mass is 175 g/mol. The Labute approximate surface area is 82.0 Å². The summed E-state index contributed by atoms with van der Waals surface area (Å²) >= 11 is 0. The Bertz CT molecular complexity index is 184. The van der Waals surface area contributed by atoms with Crippen LogP contribution in [0.5, 0.6) is 0 Å². The van der Waals surface area contributed by atoms with Crippen molar-refractivity contribution in [2.45, 2.75) is 44.9 Å². The predicted molar refractivity (Wildman–Crippen MR) is 58.4 cm³/mol. The third kappa shape index (κ3) is 6.39. The lowest BCUT2D eigenvalue weighted by molar-refractivity contribution is 0.759. The summed E-state index contributed by atoms with van der Waals surface area (Å²) in [5.74, 6) is 0. The first-order valence-corrected chi connectivity index (χ1v) is 5.38. The fraction of sp³-hybridized carbons (Fsp3) is 0.538. The quantitative estimate of drug-likeness (QED) is 0.484. The van der Waals surface area contributed by atoms with Crippen molar-refractivity contribution in [3.63, 3.8) is 0 Å². The van der Waals surface area contributed by atoms with Gasteiger partial charge in [-0.05, 0) is 51.0 Å². The summed E-state index contributed by atoms with van der Waals surface area (Å²) in [6.45, 7) is 0. The second-order valence-corrected chi connectivity index (χ2v) is 3.46. The van der Waals surface area contributed by atoms with Crippen molar-refractivity contribution in [1.29, 1.82) is 0 Å². The van der Waals surface area contributed by atoms with Crippen molar-refractivity contribution in [1.82, 2.24) is 0 Å². The highest BCUT2D eigenvalue weighted by atomic mass is 13.9. The summed E-state index contributed by atoms with van der Waals surface area (Å²) in [4.78, 5) is 0. The third-order valence-electron chi connectivity index (χ3n) is 2.21. The van der Waals surface area contributed by atoms with E-state index in [9.17, 15) is 0 Å². The van der Waals surface area contributed by atoms with Crippen molar-refractivity contribution in [2.24, 2.45) is 0 Å². The van der Waals surface area contributed by atoms with Gasteiger partial charge in [-0.3, -0.25) is 0 Å². The molecule has 0 N–H and O–H groups in total. The van der Waals surface area contributed by atoms with Gasteiger partial charge in [0.15, 0.2) is 0 Å². The van der Waals surface area contributed by atoms with Crippen LogP contribution in [0.25, 0.3) is 0 Å². The molecule has 0 saturated carbocycles. The van der Waals surface area contributed by atoms with Crippen LogP contribution in [0.1, 0.15) is 44.9 Å². The molecule has 0 fully saturated rings. The molecule has 13 heavy (non-hydrogen) atoms.